The Balaban J connectivity index is 1.92. The van der Waals surface area contributed by atoms with Gasteiger partial charge in [0.15, 0.2) is 0 Å². The van der Waals surface area contributed by atoms with Crippen LogP contribution < -0.4 is 5.73 Å². The van der Waals surface area contributed by atoms with Gasteiger partial charge in [0.25, 0.3) is 0 Å². The summed E-state index contributed by atoms with van der Waals surface area (Å²) < 4.78 is 0. The molecular weight excluding hydrogens is 190 g/mol. The first kappa shape index (κ1) is 10.9. The molecule has 0 atom stereocenters. The normalized spacial score (nSPS) is 37.3. The summed E-state index contributed by atoms with van der Waals surface area (Å²) in [5.74, 6) is 0.0251. The number of carboxylic acid groups (broad SMARTS) is 1. The van der Waals surface area contributed by atoms with Gasteiger partial charge in [-0.1, -0.05) is 32.1 Å². The minimum atomic E-state index is -0.616. The predicted octanol–water partition coefficient (Wildman–Crippen LogP) is 2.15. The van der Waals surface area contributed by atoms with Crippen LogP contribution >= 0.6 is 0 Å². The van der Waals surface area contributed by atoms with Gasteiger partial charge in [-0.25, -0.2) is 0 Å². The Bertz CT molecular complexity index is 240. The zero-order chi connectivity index (χ0) is 10.9. The van der Waals surface area contributed by atoms with Gasteiger partial charge < -0.3 is 10.8 Å². The van der Waals surface area contributed by atoms with Crippen molar-refractivity contribution in [2.75, 3.05) is 0 Å². The van der Waals surface area contributed by atoms with Crippen LogP contribution in [0.25, 0.3) is 0 Å². The number of carbonyl (C=O) groups is 1. The number of aliphatic carboxylic acids is 1. The molecule has 2 rings (SSSR count). The van der Waals surface area contributed by atoms with Crippen LogP contribution in [0.15, 0.2) is 0 Å². The third-order valence-electron chi connectivity index (χ3n) is 4.16. The van der Waals surface area contributed by atoms with Crippen molar-refractivity contribution in [3.05, 3.63) is 0 Å². The first-order chi connectivity index (χ1) is 7.12. The van der Waals surface area contributed by atoms with E-state index in [1.54, 1.807) is 0 Å². The monoisotopic (exact) mass is 211 g/mol. The molecule has 0 aromatic heterocycles. The van der Waals surface area contributed by atoms with Gasteiger partial charge in [-0.2, -0.15) is 0 Å². The number of hydrogen-bond donors (Lipinski definition) is 2. The Morgan fingerprint density at radius 3 is 2.33 bits per heavy atom. The molecule has 3 N–H and O–H groups in total. The molecule has 0 radical (unpaired) electrons. The quantitative estimate of drug-likeness (QED) is 0.751. The van der Waals surface area contributed by atoms with Crippen molar-refractivity contribution in [1.82, 2.24) is 0 Å². The van der Waals surface area contributed by atoms with Crippen LogP contribution in [0.4, 0.5) is 0 Å². The number of carboxylic acids is 1. The van der Waals surface area contributed by atoms with E-state index < -0.39 is 11.4 Å². The van der Waals surface area contributed by atoms with Gasteiger partial charge in [0.2, 0.25) is 0 Å². The fraction of sp³-hybridized carbons (Fsp3) is 0.917. The van der Waals surface area contributed by atoms with Gasteiger partial charge in [0, 0.05) is 6.04 Å². The molecule has 3 heteroatoms. The van der Waals surface area contributed by atoms with Gasteiger partial charge in [0.1, 0.15) is 0 Å². The topological polar surface area (TPSA) is 63.3 Å². The van der Waals surface area contributed by atoms with E-state index in [0.29, 0.717) is 18.8 Å². The van der Waals surface area contributed by atoms with Crippen LogP contribution in [0.3, 0.4) is 0 Å². The standard InChI is InChI=1S/C12H21NO2/c13-10-7-12(8-10,11(14)15)6-9-4-2-1-3-5-9/h9-10H,1-8,13H2,(H,14,15). The van der Waals surface area contributed by atoms with Crippen molar-refractivity contribution < 1.29 is 9.90 Å². The molecule has 86 valence electrons. The predicted molar refractivity (Wildman–Crippen MR) is 58.5 cm³/mol. The lowest BCUT2D eigenvalue weighted by atomic mass is 9.60. The first-order valence-corrected chi connectivity index (χ1v) is 6.11. The first-order valence-electron chi connectivity index (χ1n) is 6.11. The SMILES string of the molecule is NC1CC(CC2CCCCC2)(C(=O)O)C1. The zero-order valence-electron chi connectivity index (χ0n) is 9.24. The molecule has 0 saturated heterocycles. The Kier molecular flexibility index (Phi) is 3.01. The second-order valence-electron chi connectivity index (χ2n) is 5.46. The largest absolute Gasteiger partial charge is 0.481 e. The molecule has 0 bridgehead atoms. The molecular formula is C12H21NO2. The molecule has 0 aliphatic heterocycles. The van der Waals surface area contributed by atoms with Crippen LogP contribution in [0.1, 0.15) is 51.4 Å². The van der Waals surface area contributed by atoms with Crippen LogP contribution in [-0.4, -0.2) is 17.1 Å². The minimum absolute atomic E-state index is 0.129. The van der Waals surface area contributed by atoms with Gasteiger partial charge in [0.05, 0.1) is 5.41 Å². The molecule has 0 aromatic rings. The third kappa shape index (κ3) is 2.17. The molecule has 0 aromatic carbocycles. The summed E-state index contributed by atoms with van der Waals surface area (Å²) in [6.07, 6.45) is 8.61. The van der Waals surface area contributed by atoms with Crippen molar-refractivity contribution in [3.8, 4) is 0 Å². The Labute approximate surface area is 91.0 Å². The smallest absolute Gasteiger partial charge is 0.309 e. The maximum Gasteiger partial charge on any atom is 0.309 e. The minimum Gasteiger partial charge on any atom is -0.481 e. The van der Waals surface area contributed by atoms with Crippen LogP contribution in [0.2, 0.25) is 0 Å². The lowest BCUT2D eigenvalue weighted by Gasteiger charge is -2.45. The van der Waals surface area contributed by atoms with E-state index in [-0.39, 0.29) is 6.04 Å². The fourth-order valence-electron chi connectivity index (χ4n) is 3.32. The van der Waals surface area contributed by atoms with Crippen LogP contribution in [0, 0.1) is 11.3 Å². The molecule has 15 heavy (non-hydrogen) atoms. The van der Waals surface area contributed by atoms with E-state index >= 15 is 0 Å². The highest BCUT2D eigenvalue weighted by molar-refractivity contribution is 5.76. The highest BCUT2D eigenvalue weighted by Crippen LogP contribution is 2.47. The maximum atomic E-state index is 11.3. The van der Waals surface area contributed by atoms with Crippen molar-refractivity contribution in [1.29, 1.82) is 0 Å². The van der Waals surface area contributed by atoms with Crippen molar-refractivity contribution in [2.45, 2.75) is 57.4 Å². The molecule has 2 aliphatic carbocycles. The van der Waals surface area contributed by atoms with E-state index in [1.807, 2.05) is 0 Å². The summed E-state index contributed by atoms with van der Waals surface area (Å²) in [4.78, 5) is 11.3. The van der Waals surface area contributed by atoms with E-state index in [9.17, 15) is 9.90 Å². The van der Waals surface area contributed by atoms with E-state index in [2.05, 4.69) is 0 Å². The number of rotatable bonds is 3. The third-order valence-corrected chi connectivity index (χ3v) is 4.16. The highest BCUT2D eigenvalue weighted by atomic mass is 16.4. The zero-order valence-corrected chi connectivity index (χ0v) is 9.24. The maximum absolute atomic E-state index is 11.3. The average Bonchev–Trinajstić information content (AvgIpc) is 2.16. The van der Waals surface area contributed by atoms with E-state index in [0.717, 1.165) is 6.42 Å². The molecule has 2 saturated carbocycles. The molecule has 2 fully saturated rings. The summed E-state index contributed by atoms with van der Waals surface area (Å²) in [6, 6.07) is 0.129. The molecule has 0 unspecified atom stereocenters. The van der Waals surface area contributed by atoms with E-state index in [1.165, 1.54) is 32.1 Å². The summed E-state index contributed by atoms with van der Waals surface area (Å²) in [6.45, 7) is 0. The lowest BCUT2D eigenvalue weighted by molar-refractivity contribution is -0.157. The molecule has 0 heterocycles. The summed E-state index contributed by atoms with van der Waals surface area (Å²) in [5, 5.41) is 9.28. The summed E-state index contributed by atoms with van der Waals surface area (Å²) >= 11 is 0. The molecule has 3 nitrogen and oxygen atoms in total. The summed E-state index contributed by atoms with van der Waals surface area (Å²) in [7, 11) is 0. The second kappa shape index (κ2) is 4.12. The lowest BCUT2D eigenvalue weighted by Crippen LogP contribution is -2.51. The number of nitrogens with two attached hydrogens (primary N) is 1. The van der Waals surface area contributed by atoms with Gasteiger partial charge in [-0.3, -0.25) is 4.79 Å². The average molecular weight is 211 g/mol. The summed E-state index contributed by atoms with van der Waals surface area (Å²) in [5.41, 5.74) is 5.28. The van der Waals surface area contributed by atoms with Gasteiger partial charge in [-0.15, -0.1) is 0 Å². The second-order valence-corrected chi connectivity index (χ2v) is 5.46. The number of hydrogen-bond acceptors (Lipinski definition) is 2. The molecule has 0 amide bonds. The van der Waals surface area contributed by atoms with Gasteiger partial charge >= 0.3 is 5.97 Å². The van der Waals surface area contributed by atoms with Gasteiger partial charge in [-0.05, 0) is 25.2 Å². The Hall–Kier alpha value is -0.570. The Morgan fingerprint density at radius 1 is 1.27 bits per heavy atom. The Morgan fingerprint density at radius 2 is 1.87 bits per heavy atom. The van der Waals surface area contributed by atoms with Crippen LogP contribution in [0.5, 0.6) is 0 Å². The van der Waals surface area contributed by atoms with Crippen molar-refractivity contribution >= 4 is 5.97 Å². The van der Waals surface area contributed by atoms with Crippen molar-refractivity contribution in [2.24, 2.45) is 17.1 Å². The highest BCUT2D eigenvalue weighted by Gasteiger charge is 2.49. The molecule has 0 spiro atoms. The van der Waals surface area contributed by atoms with Crippen LogP contribution in [-0.2, 0) is 4.79 Å². The van der Waals surface area contributed by atoms with E-state index in [4.69, 9.17) is 5.73 Å². The van der Waals surface area contributed by atoms with Crippen molar-refractivity contribution in [3.63, 3.8) is 0 Å². The fourth-order valence-corrected chi connectivity index (χ4v) is 3.32. The molecule has 2 aliphatic rings.